The third-order valence-electron chi connectivity index (χ3n) is 4.95. The summed E-state index contributed by atoms with van der Waals surface area (Å²) < 4.78 is 37.0. The van der Waals surface area contributed by atoms with Crippen molar-refractivity contribution in [2.24, 2.45) is 4.99 Å². The molecule has 0 unspecified atom stereocenters. The second-order valence-corrected chi connectivity index (χ2v) is 9.54. The molecular weight excluding hydrogens is 403 g/mol. The van der Waals surface area contributed by atoms with E-state index in [1.807, 2.05) is 6.20 Å². The molecule has 1 aromatic heterocycles. The number of H-pyrrole nitrogens is 1. The fourth-order valence-electron chi connectivity index (χ4n) is 3.47. The Hall–Kier alpha value is -2.87. The molecule has 0 aliphatic heterocycles. The van der Waals surface area contributed by atoms with Crippen molar-refractivity contribution in [1.82, 2.24) is 15.6 Å². The number of halogens is 1. The second-order valence-electron chi connectivity index (χ2n) is 7.40. The first-order valence-corrected chi connectivity index (χ1v) is 11.8. The van der Waals surface area contributed by atoms with E-state index in [2.05, 4.69) is 45.7 Å². The zero-order chi connectivity index (χ0) is 21.7. The third kappa shape index (κ3) is 5.60. The Kier molecular flexibility index (Phi) is 6.77. The summed E-state index contributed by atoms with van der Waals surface area (Å²) >= 11 is 0. The molecule has 0 amide bonds. The van der Waals surface area contributed by atoms with Gasteiger partial charge >= 0.3 is 0 Å². The van der Waals surface area contributed by atoms with Gasteiger partial charge in [-0.2, -0.15) is 0 Å². The van der Waals surface area contributed by atoms with Crippen LogP contribution in [-0.4, -0.2) is 39.2 Å². The van der Waals surface area contributed by atoms with Crippen molar-refractivity contribution in [2.75, 3.05) is 19.8 Å². The van der Waals surface area contributed by atoms with Crippen molar-refractivity contribution in [3.8, 4) is 0 Å². The monoisotopic (exact) mass is 430 g/mol. The van der Waals surface area contributed by atoms with Gasteiger partial charge in [0.1, 0.15) is 5.82 Å². The Bertz CT molecular complexity index is 1170. The Morgan fingerprint density at radius 3 is 2.67 bits per heavy atom. The first-order valence-electron chi connectivity index (χ1n) is 9.72. The van der Waals surface area contributed by atoms with E-state index in [1.54, 1.807) is 7.05 Å². The van der Waals surface area contributed by atoms with Crippen LogP contribution in [0.15, 0.2) is 47.6 Å². The van der Waals surface area contributed by atoms with E-state index in [0.717, 1.165) is 11.9 Å². The average molecular weight is 431 g/mol. The highest BCUT2D eigenvalue weighted by atomic mass is 32.2. The molecule has 0 spiro atoms. The molecule has 6 nitrogen and oxygen atoms in total. The number of fused-ring (bicyclic) bond motifs is 1. The first kappa shape index (κ1) is 21.8. The van der Waals surface area contributed by atoms with Crippen molar-refractivity contribution in [3.05, 3.63) is 70.7 Å². The molecule has 0 aliphatic carbocycles. The van der Waals surface area contributed by atoms with E-state index >= 15 is 0 Å². The predicted molar refractivity (Wildman–Crippen MR) is 120 cm³/mol. The fourth-order valence-corrected chi connectivity index (χ4v) is 4.31. The smallest absolute Gasteiger partial charge is 0.191 e. The number of hydrogen-bond donors (Lipinski definition) is 3. The highest BCUT2D eigenvalue weighted by molar-refractivity contribution is 7.89. The molecule has 30 heavy (non-hydrogen) atoms. The summed E-state index contributed by atoms with van der Waals surface area (Å²) in [5, 5.41) is 7.60. The van der Waals surface area contributed by atoms with Gasteiger partial charge in [0.2, 0.25) is 0 Å². The first-order chi connectivity index (χ1) is 14.3. The zero-order valence-electron chi connectivity index (χ0n) is 17.4. The van der Waals surface area contributed by atoms with Crippen LogP contribution in [-0.2, 0) is 28.6 Å². The molecule has 0 saturated carbocycles. The number of rotatable bonds is 7. The summed E-state index contributed by atoms with van der Waals surface area (Å²) in [6.07, 6.45) is 4.00. The van der Waals surface area contributed by atoms with Gasteiger partial charge in [0.15, 0.2) is 15.8 Å². The van der Waals surface area contributed by atoms with E-state index in [-0.39, 0.29) is 12.3 Å². The molecule has 3 rings (SSSR count). The maximum Gasteiger partial charge on any atom is 0.191 e. The molecule has 0 fully saturated rings. The molecule has 2 aromatic carbocycles. The topological polar surface area (TPSA) is 86.3 Å². The summed E-state index contributed by atoms with van der Waals surface area (Å²) in [5.41, 5.74) is 4.76. The summed E-state index contributed by atoms with van der Waals surface area (Å²) in [6.45, 7) is 3.02. The number of sulfone groups is 1. The van der Waals surface area contributed by atoms with Crippen LogP contribution in [0.1, 0.15) is 22.3 Å². The third-order valence-corrected chi connectivity index (χ3v) is 5.79. The number of guanidine groups is 1. The largest absolute Gasteiger partial charge is 0.361 e. The van der Waals surface area contributed by atoms with Crippen molar-refractivity contribution >= 4 is 26.7 Å². The molecule has 160 valence electrons. The Balaban J connectivity index is 1.60. The van der Waals surface area contributed by atoms with E-state index in [1.165, 1.54) is 41.0 Å². The van der Waals surface area contributed by atoms with Gasteiger partial charge in [0.05, 0.1) is 5.75 Å². The van der Waals surface area contributed by atoms with Crippen LogP contribution < -0.4 is 10.6 Å². The standard InChI is InChI=1S/C22H27FN4O2S/c1-15-5-4-6-20-16(12-26-21(15)20)9-10-25-22(24-2)27-13-18-11-19(23)8-7-17(18)14-30(3,28)29/h4-8,11-12,26H,9-10,13-14H2,1-3H3,(H2,24,25,27). The molecule has 0 saturated heterocycles. The minimum Gasteiger partial charge on any atom is -0.361 e. The highest BCUT2D eigenvalue weighted by Crippen LogP contribution is 2.21. The molecule has 3 N–H and O–H groups in total. The number of aromatic nitrogens is 1. The Morgan fingerprint density at radius 1 is 1.13 bits per heavy atom. The van der Waals surface area contributed by atoms with Crippen LogP contribution in [0.2, 0.25) is 0 Å². The maximum atomic E-state index is 13.7. The van der Waals surface area contributed by atoms with Gasteiger partial charge in [-0.1, -0.05) is 24.3 Å². The van der Waals surface area contributed by atoms with Crippen molar-refractivity contribution in [1.29, 1.82) is 0 Å². The van der Waals surface area contributed by atoms with Gasteiger partial charge in [-0.05, 0) is 47.7 Å². The van der Waals surface area contributed by atoms with E-state index in [9.17, 15) is 12.8 Å². The summed E-state index contributed by atoms with van der Waals surface area (Å²) in [5.74, 6) is 0.0401. The summed E-state index contributed by atoms with van der Waals surface area (Å²) in [6, 6.07) is 10.4. The van der Waals surface area contributed by atoms with Crippen molar-refractivity contribution in [3.63, 3.8) is 0 Å². The minimum atomic E-state index is -3.22. The maximum absolute atomic E-state index is 13.7. The van der Waals surface area contributed by atoms with Crippen LogP contribution in [0.25, 0.3) is 10.9 Å². The molecule has 0 bridgehead atoms. The fraction of sp³-hybridized carbons (Fsp3) is 0.318. The number of hydrogen-bond acceptors (Lipinski definition) is 3. The lowest BCUT2D eigenvalue weighted by Crippen LogP contribution is -2.38. The molecule has 8 heteroatoms. The lowest BCUT2D eigenvalue weighted by Gasteiger charge is -2.14. The van der Waals surface area contributed by atoms with Gasteiger partial charge in [-0.3, -0.25) is 4.99 Å². The van der Waals surface area contributed by atoms with Crippen molar-refractivity contribution < 1.29 is 12.8 Å². The zero-order valence-corrected chi connectivity index (χ0v) is 18.2. The average Bonchev–Trinajstić information content (AvgIpc) is 3.10. The molecule has 0 radical (unpaired) electrons. The lowest BCUT2D eigenvalue weighted by molar-refractivity contribution is 0.599. The van der Waals surface area contributed by atoms with Crippen LogP contribution in [0.4, 0.5) is 4.39 Å². The van der Waals surface area contributed by atoms with Gasteiger partial charge in [-0.15, -0.1) is 0 Å². The minimum absolute atomic E-state index is 0.129. The Labute approximate surface area is 176 Å². The number of aliphatic imine (C=N–C) groups is 1. The van der Waals surface area contributed by atoms with E-state index in [0.29, 0.717) is 23.6 Å². The second kappa shape index (κ2) is 9.30. The quantitative estimate of drug-likeness (QED) is 0.397. The van der Waals surface area contributed by atoms with E-state index < -0.39 is 15.7 Å². The number of nitrogens with one attached hydrogen (secondary N) is 3. The predicted octanol–water partition coefficient (Wildman–Crippen LogP) is 3.07. The Morgan fingerprint density at radius 2 is 1.93 bits per heavy atom. The molecule has 3 aromatic rings. The van der Waals surface area contributed by atoms with Crippen LogP contribution in [0.3, 0.4) is 0 Å². The lowest BCUT2D eigenvalue weighted by atomic mass is 10.1. The summed E-state index contributed by atoms with van der Waals surface area (Å²) in [7, 11) is -1.56. The number of benzene rings is 2. The van der Waals surface area contributed by atoms with Crippen LogP contribution in [0.5, 0.6) is 0 Å². The van der Waals surface area contributed by atoms with Gasteiger partial charge in [0, 0.05) is 43.5 Å². The SMILES string of the molecule is CN=C(NCCc1c[nH]c2c(C)cccc12)NCc1cc(F)ccc1CS(C)(=O)=O. The number of aryl methyl sites for hydroxylation is 1. The number of nitrogens with zero attached hydrogens (tertiary/aromatic N) is 1. The molecule has 0 aliphatic rings. The number of aromatic amines is 1. The van der Waals surface area contributed by atoms with Gasteiger partial charge < -0.3 is 15.6 Å². The van der Waals surface area contributed by atoms with Crippen LogP contribution >= 0.6 is 0 Å². The molecule has 0 atom stereocenters. The number of para-hydroxylation sites is 1. The van der Waals surface area contributed by atoms with E-state index in [4.69, 9.17) is 0 Å². The van der Waals surface area contributed by atoms with Crippen LogP contribution in [0, 0.1) is 12.7 Å². The highest BCUT2D eigenvalue weighted by Gasteiger charge is 2.11. The normalized spacial score (nSPS) is 12.3. The van der Waals surface area contributed by atoms with Gasteiger partial charge in [0.25, 0.3) is 0 Å². The molecular formula is C22H27FN4O2S. The van der Waals surface area contributed by atoms with Crippen molar-refractivity contribution in [2.45, 2.75) is 25.6 Å². The summed E-state index contributed by atoms with van der Waals surface area (Å²) in [4.78, 5) is 7.53. The van der Waals surface area contributed by atoms with Gasteiger partial charge in [-0.25, -0.2) is 12.8 Å². The molecule has 1 heterocycles.